The smallest absolute Gasteiger partial charge is 0.224 e. The Balaban J connectivity index is 1.59. The van der Waals surface area contributed by atoms with Crippen LogP contribution in [0.2, 0.25) is 0 Å². The van der Waals surface area contributed by atoms with Gasteiger partial charge in [0.1, 0.15) is 12.4 Å². The zero-order valence-corrected chi connectivity index (χ0v) is 16.1. The van der Waals surface area contributed by atoms with Gasteiger partial charge >= 0.3 is 0 Å². The van der Waals surface area contributed by atoms with Crippen molar-refractivity contribution in [1.29, 1.82) is 0 Å². The van der Waals surface area contributed by atoms with E-state index in [1.165, 1.54) is 0 Å². The van der Waals surface area contributed by atoms with Crippen molar-refractivity contribution in [3.05, 3.63) is 59.7 Å². The number of hydrogen-bond acceptors (Lipinski definition) is 4. The number of benzene rings is 2. The van der Waals surface area contributed by atoms with Crippen molar-refractivity contribution in [2.45, 2.75) is 32.8 Å². The molecule has 0 bridgehead atoms. The average molecular weight is 368 g/mol. The predicted molar refractivity (Wildman–Crippen MR) is 107 cm³/mol. The first-order chi connectivity index (χ1) is 13.2. The molecule has 1 aliphatic heterocycles. The van der Waals surface area contributed by atoms with Crippen molar-refractivity contribution in [1.82, 2.24) is 5.06 Å². The molecule has 1 saturated heterocycles. The average Bonchev–Trinajstić information content (AvgIpc) is 2.70. The minimum Gasteiger partial charge on any atom is -0.487 e. The molecule has 1 N–H and O–H groups in total. The molecule has 0 unspecified atom stereocenters. The van der Waals surface area contributed by atoms with Crippen molar-refractivity contribution in [3.63, 3.8) is 0 Å². The molecule has 1 heterocycles. The van der Waals surface area contributed by atoms with E-state index in [1.807, 2.05) is 60.5 Å². The summed E-state index contributed by atoms with van der Waals surface area (Å²) in [5, 5.41) is 5.03. The van der Waals surface area contributed by atoms with Crippen LogP contribution >= 0.6 is 0 Å². The Bertz CT molecular complexity index is 740. The Morgan fingerprint density at radius 1 is 1.11 bits per heavy atom. The van der Waals surface area contributed by atoms with E-state index >= 15 is 0 Å². The largest absolute Gasteiger partial charge is 0.487 e. The molecule has 0 atom stereocenters. The van der Waals surface area contributed by atoms with Gasteiger partial charge in [-0.1, -0.05) is 42.5 Å². The van der Waals surface area contributed by atoms with Gasteiger partial charge in [0.15, 0.2) is 0 Å². The molecule has 2 aromatic carbocycles. The molecular weight excluding hydrogens is 340 g/mol. The summed E-state index contributed by atoms with van der Waals surface area (Å²) in [7, 11) is 1.70. The zero-order valence-electron chi connectivity index (χ0n) is 16.1. The first kappa shape index (κ1) is 19.4. The monoisotopic (exact) mass is 368 g/mol. The van der Waals surface area contributed by atoms with E-state index < -0.39 is 0 Å². The van der Waals surface area contributed by atoms with E-state index in [4.69, 9.17) is 9.57 Å². The molecule has 3 rings (SSSR count). The number of rotatable bonds is 7. The second-order valence-corrected chi connectivity index (χ2v) is 7.03. The van der Waals surface area contributed by atoms with Crippen LogP contribution < -0.4 is 10.1 Å². The van der Waals surface area contributed by atoms with Gasteiger partial charge in [0.25, 0.3) is 0 Å². The number of piperidine rings is 1. The number of aryl methyl sites for hydroxylation is 1. The van der Waals surface area contributed by atoms with E-state index in [2.05, 4.69) is 5.32 Å². The third-order valence-corrected chi connectivity index (χ3v) is 5.04. The highest BCUT2D eigenvalue weighted by atomic mass is 16.7. The summed E-state index contributed by atoms with van der Waals surface area (Å²) < 4.78 is 5.99. The second-order valence-electron chi connectivity index (χ2n) is 7.03. The number of nitrogens with zero attached hydrogens (tertiary/aromatic N) is 1. The minimum atomic E-state index is 0.0460. The van der Waals surface area contributed by atoms with Gasteiger partial charge in [-0.25, -0.2) is 0 Å². The van der Waals surface area contributed by atoms with Crippen molar-refractivity contribution in [3.8, 4) is 5.75 Å². The minimum absolute atomic E-state index is 0.0460. The zero-order chi connectivity index (χ0) is 19.1. The van der Waals surface area contributed by atoms with E-state index in [9.17, 15) is 4.79 Å². The van der Waals surface area contributed by atoms with Crippen LogP contribution in [0.4, 0.5) is 5.69 Å². The maximum absolute atomic E-state index is 12.6. The molecule has 0 aliphatic carbocycles. The number of hydrogen-bond donors (Lipinski definition) is 1. The first-order valence-corrected chi connectivity index (χ1v) is 9.51. The van der Waals surface area contributed by atoms with Crippen molar-refractivity contribution < 1.29 is 14.4 Å². The van der Waals surface area contributed by atoms with Gasteiger partial charge in [-0.3, -0.25) is 4.79 Å². The van der Waals surface area contributed by atoms with E-state index in [-0.39, 0.29) is 5.91 Å². The van der Waals surface area contributed by atoms with Crippen LogP contribution in [0.5, 0.6) is 5.75 Å². The van der Waals surface area contributed by atoms with Crippen LogP contribution in [-0.2, 0) is 16.2 Å². The van der Waals surface area contributed by atoms with Crippen LogP contribution in [-0.4, -0.2) is 31.2 Å². The van der Waals surface area contributed by atoms with Crippen LogP contribution in [0, 0.1) is 12.8 Å². The van der Waals surface area contributed by atoms with Gasteiger partial charge in [-0.2, -0.15) is 5.06 Å². The van der Waals surface area contributed by atoms with E-state index in [1.54, 1.807) is 7.11 Å². The van der Waals surface area contributed by atoms with Gasteiger partial charge < -0.3 is 14.9 Å². The molecule has 1 aliphatic rings. The standard InChI is InChI=1S/C22H28N2O3/c1-17-7-6-10-20(27-16-19-8-4-3-5-9-19)22(17)23-21(25)15-18-11-13-24(26-2)14-12-18/h3-10,18H,11-16H2,1-2H3,(H,23,25). The third kappa shape index (κ3) is 5.55. The topological polar surface area (TPSA) is 50.8 Å². The molecule has 0 spiro atoms. The van der Waals surface area contributed by atoms with Crippen molar-refractivity contribution >= 4 is 11.6 Å². The van der Waals surface area contributed by atoms with Gasteiger partial charge in [0, 0.05) is 19.5 Å². The highest BCUT2D eigenvalue weighted by Crippen LogP contribution is 2.30. The number of para-hydroxylation sites is 1. The summed E-state index contributed by atoms with van der Waals surface area (Å²) >= 11 is 0. The van der Waals surface area contributed by atoms with Gasteiger partial charge in [0.2, 0.25) is 5.91 Å². The summed E-state index contributed by atoms with van der Waals surface area (Å²) in [5.74, 6) is 1.15. The fourth-order valence-corrected chi connectivity index (χ4v) is 3.41. The fraction of sp³-hybridized carbons (Fsp3) is 0.409. The van der Waals surface area contributed by atoms with E-state index in [0.29, 0.717) is 24.7 Å². The maximum Gasteiger partial charge on any atom is 0.224 e. The first-order valence-electron chi connectivity index (χ1n) is 9.51. The van der Waals surface area contributed by atoms with Crippen LogP contribution in [0.25, 0.3) is 0 Å². The Morgan fingerprint density at radius 2 is 1.85 bits per heavy atom. The molecule has 1 amide bonds. The number of ether oxygens (including phenoxy) is 1. The molecule has 1 fully saturated rings. The molecule has 0 aromatic heterocycles. The van der Waals surface area contributed by atoms with Crippen LogP contribution in [0.15, 0.2) is 48.5 Å². The third-order valence-electron chi connectivity index (χ3n) is 5.04. The van der Waals surface area contributed by atoms with Crippen LogP contribution in [0.1, 0.15) is 30.4 Å². The van der Waals surface area contributed by atoms with E-state index in [0.717, 1.165) is 42.7 Å². The number of hydroxylamine groups is 2. The number of carbonyl (C=O) groups is 1. The van der Waals surface area contributed by atoms with Crippen molar-refractivity contribution in [2.75, 3.05) is 25.5 Å². The summed E-state index contributed by atoms with van der Waals surface area (Å²) in [6, 6.07) is 15.9. The van der Waals surface area contributed by atoms with Gasteiger partial charge in [-0.05, 0) is 42.9 Å². The lowest BCUT2D eigenvalue weighted by Crippen LogP contribution is -2.34. The summed E-state index contributed by atoms with van der Waals surface area (Å²) in [6.45, 7) is 4.22. The highest BCUT2D eigenvalue weighted by molar-refractivity contribution is 5.93. The quantitative estimate of drug-likeness (QED) is 0.797. The second kappa shape index (κ2) is 9.53. The Kier molecular flexibility index (Phi) is 6.85. The number of amides is 1. The predicted octanol–water partition coefficient (Wildman–Crippen LogP) is 4.18. The molecule has 144 valence electrons. The Hall–Kier alpha value is -2.37. The molecule has 2 aromatic rings. The van der Waals surface area contributed by atoms with Gasteiger partial charge in [-0.15, -0.1) is 0 Å². The van der Waals surface area contributed by atoms with Crippen LogP contribution in [0.3, 0.4) is 0 Å². The molecule has 5 heteroatoms. The molecular formula is C22H28N2O3. The molecule has 5 nitrogen and oxygen atoms in total. The number of carbonyl (C=O) groups excluding carboxylic acids is 1. The lowest BCUT2D eigenvalue weighted by atomic mass is 9.94. The number of nitrogens with one attached hydrogen (secondary N) is 1. The number of anilines is 1. The summed E-state index contributed by atoms with van der Waals surface area (Å²) in [6.07, 6.45) is 2.49. The molecule has 27 heavy (non-hydrogen) atoms. The summed E-state index contributed by atoms with van der Waals surface area (Å²) in [5.41, 5.74) is 2.87. The van der Waals surface area contributed by atoms with Gasteiger partial charge in [0.05, 0.1) is 12.8 Å². The lowest BCUT2D eigenvalue weighted by Gasteiger charge is -2.29. The normalized spacial score (nSPS) is 15.5. The Morgan fingerprint density at radius 3 is 2.56 bits per heavy atom. The fourth-order valence-electron chi connectivity index (χ4n) is 3.41. The maximum atomic E-state index is 12.6. The highest BCUT2D eigenvalue weighted by Gasteiger charge is 2.22. The molecule has 0 radical (unpaired) electrons. The van der Waals surface area contributed by atoms with Crippen molar-refractivity contribution in [2.24, 2.45) is 5.92 Å². The summed E-state index contributed by atoms with van der Waals surface area (Å²) in [4.78, 5) is 17.9. The SMILES string of the molecule is CON1CCC(CC(=O)Nc2c(C)cccc2OCc2ccccc2)CC1. The Labute approximate surface area is 161 Å². The lowest BCUT2D eigenvalue weighted by molar-refractivity contribution is -0.149. The molecule has 0 saturated carbocycles.